The average Bonchev–Trinajstić information content (AvgIpc) is 2.51. The molecule has 0 unspecified atom stereocenters. The molecule has 2 aromatic rings. The van der Waals surface area contributed by atoms with E-state index in [1.54, 1.807) is 0 Å². The zero-order valence-corrected chi connectivity index (χ0v) is 12.6. The fraction of sp³-hybridized carbons (Fsp3) is 0.235. The Balaban J connectivity index is 1.77. The van der Waals surface area contributed by atoms with Gasteiger partial charge in [-0.2, -0.15) is 0 Å². The van der Waals surface area contributed by atoms with Crippen molar-refractivity contribution in [2.45, 2.75) is 12.8 Å². The lowest BCUT2D eigenvalue weighted by Crippen LogP contribution is -2.20. The van der Waals surface area contributed by atoms with E-state index >= 15 is 0 Å². The molecule has 0 aromatic heterocycles. The van der Waals surface area contributed by atoms with Crippen molar-refractivity contribution in [2.24, 2.45) is 0 Å². The van der Waals surface area contributed by atoms with Crippen LogP contribution >= 0.6 is 0 Å². The number of carbonyl (C=O) groups is 1. The van der Waals surface area contributed by atoms with Gasteiger partial charge in [-0.1, -0.05) is 18.2 Å². The Hall–Kier alpha value is -2.56. The summed E-state index contributed by atoms with van der Waals surface area (Å²) >= 11 is 0. The van der Waals surface area contributed by atoms with Gasteiger partial charge in [-0.3, -0.25) is 4.79 Å². The number of nitrogens with one attached hydrogen (secondary N) is 1. The highest BCUT2D eigenvalue weighted by Crippen LogP contribution is 2.17. The maximum atomic E-state index is 13.0. The third-order valence-electron chi connectivity index (χ3n) is 3.37. The number of benzene rings is 2. The highest BCUT2D eigenvalue weighted by atomic mass is 19.1. The van der Waals surface area contributed by atoms with E-state index in [0.29, 0.717) is 12.1 Å². The summed E-state index contributed by atoms with van der Waals surface area (Å²) in [4.78, 5) is 14.0. The molecule has 0 saturated carbocycles. The highest BCUT2D eigenvalue weighted by Gasteiger charge is 2.06. The third-order valence-corrected chi connectivity index (χ3v) is 3.37. The first-order chi connectivity index (χ1) is 10.6. The number of nitrogen functional groups attached to an aromatic ring is 1. The quantitative estimate of drug-likeness (QED) is 0.805. The van der Waals surface area contributed by atoms with Crippen molar-refractivity contribution in [1.82, 2.24) is 0 Å². The minimum Gasteiger partial charge on any atom is -0.396 e. The minimum absolute atomic E-state index is 0.0293. The van der Waals surface area contributed by atoms with Gasteiger partial charge in [0.2, 0.25) is 5.91 Å². The first-order valence-electron chi connectivity index (χ1n) is 7.17. The number of hydrogen-bond acceptors (Lipinski definition) is 3. The molecule has 2 aromatic carbocycles. The van der Waals surface area contributed by atoms with Crippen molar-refractivity contribution in [2.75, 3.05) is 29.5 Å². The molecule has 0 aliphatic carbocycles. The maximum absolute atomic E-state index is 13.0. The first kappa shape index (κ1) is 15.8. The molecule has 22 heavy (non-hydrogen) atoms. The minimum atomic E-state index is -0.484. The molecule has 2 rings (SSSR count). The number of nitrogens with two attached hydrogens (primary N) is 1. The Labute approximate surface area is 129 Å². The smallest absolute Gasteiger partial charge is 0.224 e. The van der Waals surface area contributed by atoms with Crippen LogP contribution in [0.1, 0.15) is 12.8 Å². The van der Waals surface area contributed by atoms with Crippen molar-refractivity contribution >= 4 is 23.0 Å². The largest absolute Gasteiger partial charge is 0.396 e. The molecule has 4 nitrogen and oxygen atoms in total. The molecule has 116 valence electrons. The van der Waals surface area contributed by atoms with Crippen LogP contribution in [0, 0.1) is 5.82 Å². The summed E-state index contributed by atoms with van der Waals surface area (Å²) in [7, 11) is 1.99. The van der Waals surface area contributed by atoms with E-state index < -0.39 is 5.82 Å². The molecule has 0 spiro atoms. The second-order valence-corrected chi connectivity index (χ2v) is 5.15. The van der Waals surface area contributed by atoms with Crippen molar-refractivity contribution in [3.63, 3.8) is 0 Å². The van der Waals surface area contributed by atoms with Crippen LogP contribution < -0.4 is 16.0 Å². The number of halogens is 1. The normalized spacial score (nSPS) is 10.3. The van der Waals surface area contributed by atoms with E-state index in [4.69, 9.17) is 5.73 Å². The molecule has 1 amide bonds. The topological polar surface area (TPSA) is 58.4 Å². The van der Waals surface area contributed by atoms with Gasteiger partial charge in [-0.05, 0) is 36.8 Å². The molecule has 5 heteroatoms. The lowest BCUT2D eigenvalue weighted by atomic mass is 10.2. The Morgan fingerprint density at radius 1 is 1.23 bits per heavy atom. The summed E-state index contributed by atoms with van der Waals surface area (Å²) in [6.07, 6.45) is 1.13. The molecule has 3 N–H and O–H groups in total. The van der Waals surface area contributed by atoms with Crippen LogP contribution in [0.15, 0.2) is 48.5 Å². The number of carbonyl (C=O) groups excluding carboxylic acids is 1. The van der Waals surface area contributed by atoms with Gasteiger partial charge in [-0.15, -0.1) is 0 Å². The van der Waals surface area contributed by atoms with E-state index in [9.17, 15) is 9.18 Å². The van der Waals surface area contributed by atoms with Crippen molar-refractivity contribution in [1.29, 1.82) is 0 Å². The predicted molar refractivity (Wildman–Crippen MR) is 88.4 cm³/mol. The van der Waals surface area contributed by atoms with Crippen molar-refractivity contribution in [3.8, 4) is 0 Å². The molecule has 0 fully saturated rings. The van der Waals surface area contributed by atoms with Crippen LogP contribution in [0.5, 0.6) is 0 Å². The van der Waals surface area contributed by atoms with Gasteiger partial charge in [0.25, 0.3) is 0 Å². The second kappa shape index (κ2) is 7.45. The number of rotatable bonds is 6. The summed E-state index contributed by atoms with van der Waals surface area (Å²) in [5.74, 6) is -0.588. The van der Waals surface area contributed by atoms with E-state index in [-0.39, 0.29) is 11.6 Å². The summed E-state index contributed by atoms with van der Waals surface area (Å²) < 4.78 is 13.0. The van der Waals surface area contributed by atoms with Crippen molar-refractivity contribution < 1.29 is 9.18 Å². The SMILES string of the molecule is CN(CCCC(=O)Nc1ccc(F)c(N)c1)c1ccccc1. The van der Waals surface area contributed by atoms with Crippen LogP contribution in [0.3, 0.4) is 0 Å². The first-order valence-corrected chi connectivity index (χ1v) is 7.17. The molecule has 0 aliphatic rings. The van der Waals surface area contributed by atoms with E-state index in [1.165, 1.54) is 18.2 Å². The maximum Gasteiger partial charge on any atom is 0.224 e. The Morgan fingerprint density at radius 3 is 2.64 bits per heavy atom. The van der Waals surface area contributed by atoms with E-state index in [0.717, 1.165) is 18.7 Å². The van der Waals surface area contributed by atoms with Gasteiger partial charge in [0.15, 0.2) is 0 Å². The highest BCUT2D eigenvalue weighted by molar-refractivity contribution is 5.91. The Kier molecular flexibility index (Phi) is 5.36. The number of para-hydroxylation sites is 1. The zero-order valence-electron chi connectivity index (χ0n) is 12.6. The van der Waals surface area contributed by atoms with Crippen LogP contribution in [0.2, 0.25) is 0 Å². The fourth-order valence-corrected chi connectivity index (χ4v) is 2.13. The predicted octanol–water partition coefficient (Wildman–Crippen LogP) is 3.26. The lowest BCUT2D eigenvalue weighted by molar-refractivity contribution is -0.116. The summed E-state index contributed by atoms with van der Waals surface area (Å²) in [6.45, 7) is 0.781. The Bertz CT molecular complexity index is 631. The second-order valence-electron chi connectivity index (χ2n) is 5.15. The molecule has 0 bridgehead atoms. The van der Waals surface area contributed by atoms with Crippen LogP contribution in [-0.2, 0) is 4.79 Å². The van der Waals surface area contributed by atoms with Gasteiger partial charge in [0.05, 0.1) is 5.69 Å². The van der Waals surface area contributed by atoms with Crippen LogP contribution in [0.4, 0.5) is 21.5 Å². The average molecular weight is 301 g/mol. The molecular weight excluding hydrogens is 281 g/mol. The van der Waals surface area contributed by atoms with Crippen molar-refractivity contribution in [3.05, 3.63) is 54.3 Å². The lowest BCUT2D eigenvalue weighted by Gasteiger charge is -2.18. The van der Waals surface area contributed by atoms with Gasteiger partial charge < -0.3 is 16.0 Å². The third kappa shape index (κ3) is 4.48. The van der Waals surface area contributed by atoms with Crippen LogP contribution in [-0.4, -0.2) is 19.5 Å². The molecule has 0 saturated heterocycles. The van der Waals surface area contributed by atoms with Gasteiger partial charge in [0.1, 0.15) is 5.82 Å². The molecule has 0 aliphatic heterocycles. The summed E-state index contributed by atoms with van der Waals surface area (Å²) in [6, 6.07) is 14.2. The monoisotopic (exact) mass is 301 g/mol. The summed E-state index contributed by atoms with van der Waals surface area (Å²) in [5.41, 5.74) is 7.13. The number of nitrogens with zero attached hydrogens (tertiary/aromatic N) is 1. The Morgan fingerprint density at radius 2 is 1.95 bits per heavy atom. The number of amides is 1. The van der Waals surface area contributed by atoms with Gasteiger partial charge >= 0.3 is 0 Å². The molecule has 0 radical (unpaired) electrons. The van der Waals surface area contributed by atoms with E-state index in [1.807, 2.05) is 37.4 Å². The number of anilines is 3. The van der Waals surface area contributed by atoms with Gasteiger partial charge in [0, 0.05) is 31.4 Å². The molecule has 0 atom stereocenters. The zero-order chi connectivity index (χ0) is 15.9. The van der Waals surface area contributed by atoms with E-state index in [2.05, 4.69) is 10.2 Å². The standard InChI is InChI=1S/C17H20FN3O/c1-21(14-6-3-2-4-7-14)11-5-8-17(22)20-13-9-10-15(18)16(19)12-13/h2-4,6-7,9-10,12H,5,8,11,19H2,1H3,(H,20,22). The van der Waals surface area contributed by atoms with Crippen LogP contribution in [0.25, 0.3) is 0 Å². The molecular formula is C17H20FN3O. The fourth-order valence-electron chi connectivity index (χ4n) is 2.13. The summed E-state index contributed by atoms with van der Waals surface area (Å²) in [5, 5.41) is 2.72. The molecule has 0 heterocycles. The number of hydrogen-bond donors (Lipinski definition) is 2. The van der Waals surface area contributed by atoms with Gasteiger partial charge in [-0.25, -0.2) is 4.39 Å².